The average molecular weight is 252 g/mol. The first-order valence-corrected chi connectivity index (χ1v) is 7.02. The fourth-order valence-corrected chi connectivity index (χ4v) is 3.23. The molecular weight excluding hydrogens is 232 g/mol. The molecule has 0 spiro atoms. The Morgan fingerprint density at radius 2 is 2.16 bits per heavy atom. The fourth-order valence-electron chi connectivity index (χ4n) is 3.23. The van der Waals surface area contributed by atoms with E-state index in [-0.39, 0.29) is 0 Å². The number of aromatic nitrogens is 1. The van der Waals surface area contributed by atoms with Crippen molar-refractivity contribution in [3.8, 4) is 0 Å². The van der Waals surface area contributed by atoms with Crippen molar-refractivity contribution in [3.05, 3.63) is 65.5 Å². The molecule has 0 fully saturated rings. The highest BCUT2D eigenvalue weighted by Gasteiger charge is 2.28. The maximum atomic E-state index is 4.22. The van der Waals surface area contributed by atoms with Crippen molar-refractivity contribution in [2.45, 2.75) is 31.2 Å². The molecule has 19 heavy (non-hydrogen) atoms. The van der Waals surface area contributed by atoms with Gasteiger partial charge in [0.2, 0.25) is 0 Å². The van der Waals surface area contributed by atoms with Crippen LogP contribution in [0.1, 0.15) is 29.0 Å². The van der Waals surface area contributed by atoms with E-state index in [9.17, 15) is 0 Å². The zero-order valence-corrected chi connectivity index (χ0v) is 11.3. The summed E-state index contributed by atoms with van der Waals surface area (Å²) in [5.74, 6) is 0.626. The van der Waals surface area contributed by atoms with E-state index >= 15 is 0 Å². The number of fused-ring (bicyclic) bond motifs is 1. The van der Waals surface area contributed by atoms with Crippen LogP contribution in [0.4, 0.5) is 0 Å². The smallest absolute Gasteiger partial charge is 0.0300 e. The lowest BCUT2D eigenvalue weighted by Gasteiger charge is -2.24. The Balaban J connectivity index is 1.81. The highest BCUT2D eigenvalue weighted by Crippen LogP contribution is 2.36. The van der Waals surface area contributed by atoms with Crippen LogP contribution in [-0.2, 0) is 12.8 Å². The molecule has 2 heteroatoms. The SMILES string of the molecule is CNC(Cc1cccnc1)C1CCc2ccccc21. The van der Waals surface area contributed by atoms with Gasteiger partial charge in [-0.1, -0.05) is 30.3 Å². The summed E-state index contributed by atoms with van der Waals surface area (Å²) in [4.78, 5) is 4.22. The Morgan fingerprint density at radius 1 is 1.26 bits per heavy atom. The summed E-state index contributed by atoms with van der Waals surface area (Å²) in [6, 6.07) is 13.5. The third kappa shape index (κ3) is 2.54. The Bertz CT molecular complexity index is 536. The second-order valence-corrected chi connectivity index (χ2v) is 5.30. The number of benzene rings is 1. The molecule has 2 atom stereocenters. The summed E-state index contributed by atoms with van der Waals surface area (Å²) in [7, 11) is 2.07. The van der Waals surface area contributed by atoms with Crippen molar-refractivity contribution in [3.63, 3.8) is 0 Å². The van der Waals surface area contributed by atoms with Crippen molar-refractivity contribution in [1.82, 2.24) is 10.3 Å². The summed E-state index contributed by atoms with van der Waals surface area (Å²) in [6.07, 6.45) is 7.33. The Morgan fingerprint density at radius 3 is 2.95 bits per heavy atom. The lowest BCUT2D eigenvalue weighted by molar-refractivity contribution is 0.456. The maximum Gasteiger partial charge on any atom is 0.0300 e. The fraction of sp³-hybridized carbons (Fsp3) is 0.353. The van der Waals surface area contributed by atoms with Gasteiger partial charge in [-0.3, -0.25) is 4.98 Å². The monoisotopic (exact) mass is 252 g/mol. The molecule has 2 unspecified atom stereocenters. The summed E-state index contributed by atoms with van der Waals surface area (Å²) in [6.45, 7) is 0. The predicted molar refractivity (Wildman–Crippen MR) is 78.3 cm³/mol. The third-order valence-electron chi connectivity index (χ3n) is 4.21. The van der Waals surface area contributed by atoms with Gasteiger partial charge >= 0.3 is 0 Å². The van der Waals surface area contributed by atoms with E-state index in [4.69, 9.17) is 0 Å². The van der Waals surface area contributed by atoms with E-state index in [0.717, 1.165) is 6.42 Å². The highest BCUT2D eigenvalue weighted by atomic mass is 14.9. The quantitative estimate of drug-likeness (QED) is 0.905. The molecule has 1 aliphatic rings. The van der Waals surface area contributed by atoms with Crippen molar-refractivity contribution in [1.29, 1.82) is 0 Å². The number of nitrogens with zero attached hydrogens (tertiary/aromatic N) is 1. The van der Waals surface area contributed by atoms with Crippen LogP contribution in [0.25, 0.3) is 0 Å². The van der Waals surface area contributed by atoms with Gasteiger partial charge in [-0.25, -0.2) is 0 Å². The number of likely N-dealkylation sites (N-methyl/N-ethyl adjacent to an activating group) is 1. The molecule has 0 saturated heterocycles. The van der Waals surface area contributed by atoms with E-state index in [1.807, 2.05) is 18.5 Å². The molecular formula is C17H20N2. The minimum atomic E-state index is 0.493. The summed E-state index contributed by atoms with van der Waals surface area (Å²) < 4.78 is 0. The summed E-state index contributed by atoms with van der Waals surface area (Å²) in [5.41, 5.74) is 4.37. The highest BCUT2D eigenvalue weighted by molar-refractivity contribution is 5.36. The van der Waals surface area contributed by atoms with Crippen LogP contribution in [0.5, 0.6) is 0 Å². The summed E-state index contributed by atoms with van der Waals surface area (Å²) in [5, 5.41) is 3.51. The van der Waals surface area contributed by atoms with E-state index in [2.05, 4.69) is 47.7 Å². The van der Waals surface area contributed by atoms with Gasteiger partial charge in [0.25, 0.3) is 0 Å². The molecule has 1 aromatic heterocycles. The molecule has 1 aliphatic carbocycles. The molecule has 2 nitrogen and oxygen atoms in total. The van der Waals surface area contributed by atoms with Crippen LogP contribution < -0.4 is 5.32 Å². The van der Waals surface area contributed by atoms with Crippen LogP contribution in [-0.4, -0.2) is 18.1 Å². The molecule has 1 aromatic carbocycles. The average Bonchev–Trinajstić information content (AvgIpc) is 2.90. The lowest BCUT2D eigenvalue weighted by atomic mass is 9.89. The number of hydrogen-bond donors (Lipinski definition) is 1. The minimum absolute atomic E-state index is 0.493. The van der Waals surface area contributed by atoms with Gasteiger partial charge < -0.3 is 5.32 Å². The van der Waals surface area contributed by atoms with Gasteiger partial charge in [0.1, 0.15) is 0 Å². The molecule has 98 valence electrons. The molecule has 0 aliphatic heterocycles. The van der Waals surface area contributed by atoms with Crippen LogP contribution in [0.15, 0.2) is 48.8 Å². The van der Waals surface area contributed by atoms with Crippen LogP contribution in [0.2, 0.25) is 0 Å². The first-order valence-electron chi connectivity index (χ1n) is 7.02. The third-order valence-corrected chi connectivity index (χ3v) is 4.21. The van der Waals surface area contributed by atoms with Gasteiger partial charge in [-0.2, -0.15) is 0 Å². The lowest BCUT2D eigenvalue weighted by Crippen LogP contribution is -2.33. The molecule has 1 N–H and O–H groups in total. The van der Waals surface area contributed by atoms with Gasteiger partial charge in [0, 0.05) is 24.4 Å². The van der Waals surface area contributed by atoms with Gasteiger partial charge in [-0.05, 0) is 49.1 Å². The van der Waals surface area contributed by atoms with Crippen molar-refractivity contribution >= 4 is 0 Å². The van der Waals surface area contributed by atoms with Crippen LogP contribution >= 0.6 is 0 Å². The van der Waals surface area contributed by atoms with Crippen LogP contribution in [0, 0.1) is 0 Å². The maximum absolute atomic E-state index is 4.22. The number of aryl methyl sites for hydroxylation is 1. The van der Waals surface area contributed by atoms with E-state index in [1.165, 1.54) is 29.5 Å². The zero-order chi connectivity index (χ0) is 13.1. The number of nitrogens with one attached hydrogen (secondary N) is 1. The topological polar surface area (TPSA) is 24.9 Å². The zero-order valence-electron chi connectivity index (χ0n) is 11.3. The second kappa shape index (κ2) is 5.54. The molecule has 2 aromatic rings. The van der Waals surface area contributed by atoms with Gasteiger partial charge in [0.05, 0.1) is 0 Å². The van der Waals surface area contributed by atoms with E-state index in [1.54, 1.807) is 0 Å². The normalized spacial score (nSPS) is 19.1. The van der Waals surface area contributed by atoms with Gasteiger partial charge in [0.15, 0.2) is 0 Å². The van der Waals surface area contributed by atoms with Crippen molar-refractivity contribution in [2.24, 2.45) is 0 Å². The van der Waals surface area contributed by atoms with Gasteiger partial charge in [-0.15, -0.1) is 0 Å². The van der Waals surface area contributed by atoms with Crippen LogP contribution in [0.3, 0.4) is 0 Å². The Kier molecular flexibility index (Phi) is 3.60. The van der Waals surface area contributed by atoms with Crippen molar-refractivity contribution < 1.29 is 0 Å². The second-order valence-electron chi connectivity index (χ2n) is 5.30. The molecule has 0 bridgehead atoms. The van der Waals surface area contributed by atoms with Crippen molar-refractivity contribution in [2.75, 3.05) is 7.05 Å². The van der Waals surface area contributed by atoms with E-state index in [0.29, 0.717) is 12.0 Å². The minimum Gasteiger partial charge on any atom is -0.316 e. The number of rotatable bonds is 4. The standard InChI is InChI=1S/C17H20N2/c1-18-17(11-13-5-4-10-19-12-13)16-9-8-14-6-2-3-7-15(14)16/h2-7,10,12,16-18H,8-9,11H2,1H3. The predicted octanol–water partition coefficient (Wildman–Crippen LogP) is 2.94. The summed E-state index contributed by atoms with van der Waals surface area (Å²) >= 11 is 0. The molecule has 3 rings (SSSR count). The van der Waals surface area contributed by atoms with E-state index < -0.39 is 0 Å². The largest absolute Gasteiger partial charge is 0.316 e. The first kappa shape index (κ1) is 12.4. The Hall–Kier alpha value is -1.67. The molecule has 0 saturated carbocycles. The number of hydrogen-bond acceptors (Lipinski definition) is 2. The first-order chi connectivity index (χ1) is 9.38. The molecule has 0 amide bonds. The molecule has 1 heterocycles. The Labute approximate surface area is 114 Å². The number of pyridine rings is 1. The molecule has 0 radical (unpaired) electrons.